The second-order valence-electron chi connectivity index (χ2n) is 4.22. The zero-order valence-electron chi connectivity index (χ0n) is 8.57. The van der Waals surface area contributed by atoms with Gasteiger partial charge in [-0.05, 0) is 17.7 Å². The lowest BCUT2D eigenvalue weighted by molar-refractivity contribution is 0.132. The number of aliphatic hydroxyl groups is 1. The second-order valence-corrected chi connectivity index (χ2v) is 4.22. The highest BCUT2D eigenvalue weighted by atomic mass is 16.3. The molecule has 3 heteroatoms. The first-order valence-corrected chi connectivity index (χ1v) is 4.63. The number of aromatic hydroxyl groups is 1. The van der Waals surface area contributed by atoms with Gasteiger partial charge in [0.25, 0.3) is 0 Å². The van der Waals surface area contributed by atoms with E-state index in [-0.39, 0.29) is 23.8 Å². The van der Waals surface area contributed by atoms with Crippen LogP contribution in [0.4, 0.5) is 0 Å². The Morgan fingerprint density at radius 1 is 1.43 bits per heavy atom. The van der Waals surface area contributed by atoms with Crippen LogP contribution in [0.5, 0.6) is 5.75 Å². The highest BCUT2D eigenvalue weighted by Crippen LogP contribution is 2.31. The highest BCUT2D eigenvalue weighted by Gasteiger charge is 2.26. The molecular weight excluding hydrogens is 178 g/mol. The van der Waals surface area contributed by atoms with E-state index in [2.05, 4.69) is 0 Å². The van der Waals surface area contributed by atoms with E-state index in [9.17, 15) is 5.11 Å². The molecule has 0 aliphatic carbocycles. The Bertz CT molecular complexity index is 310. The second kappa shape index (κ2) is 3.98. The van der Waals surface area contributed by atoms with Gasteiger partial charge in [0.1, 0.15) is 5.75 Å². The van der Waals surface area contributed by atoms with Crippen LogP contribution in [0.3, 0.4) is 0 Å². The van der Waals surface area contributed by atoms with Gasteiger partial charge in [0.15, 0.2) is 0 Å². The molecule has 0 saturated heterocycles. The van der Waals surface area contributed by atoms with Crippen molar-refractivity contribution in [1.82, 2.24) is 0 Å². The Morgan fingerprint density at radius 2 is 2.07 bits per heavy atom. The molecule has 14 heavy (non-hydrogen) atoms. The van der Waals surface area contributed by atoms with Gasteiger partial charge in [-0.2, -0.15) is 0 Å². The smallest absolute Gasteiger partial charge is 0.115 e. The summed E-state index contributed by atoms with van der Waals surface area (Å²) < 4.78 is 0. The number of aliphatic hydroxyl groups excluding tert-OH is 1. The molecule has 4 N–H and O–H groups in total. The summed E-state index contributed by atoms with van der Waals surface area (Å²) in [6.07, 6.45) is 0. The first-order valence-electron chi connectivity index (χ1n) is 4.63. The van der Waals surface area contributed by atoms with Crippen molar-refractivity contribution in [1.29, 1.82) is 0 Å². The summed E-state index contributed by atoms with van der Waals surface area (Å²) in [7, 11) is 0. The van der Waals surface area contributed by atoms with Gasteiger partial charge in [0.2, 0.25) is 0 Å². The van der Waals surface area contributed by atoms with Crippen molar-refractivity contribution >= 4 is 0 Å². The fourth-order valence-corrected chi connectivity index (χ4v) is 1.27. The summed E-state index contributed by atoms with van der Waals surface area (Å²) in [5.41, 5.74) is 6.44. The summed E-state index contributed by atoms with van der Waals surface area (Å²) in [4.78, 5) is 0. The maximum atomic E-state index is 9.28. The number of hydrogen-bond donors (Lipinski definition) is 3. The molecule has 0 aliphatic heterocycles. The van der Waals surface area contributed by atoms with Crippen LogP contribution in [0.1, 0.15) is 25.5 Å². The third kappa shape index (κ3) is 2.25. The first-order chi connectivity index (χ1) is 6.47. The van der Waals surface area contributed by atoms with Crippen molar-refractivity contribution in [3.63, 3.8) is 0 Å². The molecule has 0 bridgehead atoms. The molecule has 0 aliphatic rings. The van der Waals surface area contributed by atoms with E-state index < -0.39 is 0 Å². The Labute approximate surface area is 84.2 Å². The van der Waals surface area contributed by atoms with E-state index in [0.717, 1.165) is 5.56 Å². The average Bonchev–Trinajstić information content (AvgIpc) is 2.16. The minimum atomic E-state index is -0.381. The zero-order chi connectivity index (χ0) is 10.8. The van der Waals surface area contributed by atoms with Crippen molar-refractivity contribution in [2.45, 2.75) is 19.9 Å². The largest absolute Gasteiger partial charge is 0.508 e. The molecule has 0 fully saturated rings. The fraction of sp³-hybridized carbons (Fsp3) is 0.455. The maximum Gasteiger partial charge on any atom is 0.115 e. The Kier molecular flexibility index (Phi) is 3.13. The lowest BCUT2D eigenvalue weighted by atomic mass is 9.82. The monoisotopic (exact) mass is 195 g/mol. The quantitative estimate of drug-likeness (QED) is 0.683. The number of hydrogen-bond acceptors (Lipinski definition) is 3. The lowest BCUT2D eigenvalue weighted by Crippen LogP contribution is -2.32. The van der Waals surface area contributed by atoms with Crippen molar-refractivity contribution in [3.05, 3.63) is 29.8 Å². The van der Waals surface area contributed by atoms with E-state index in [0.29, 0.717) is 0 Å². The Balaban J connectivity index is 2.94. The number of nitrogens with two attached hydrogens (primary N) is 1. The Morgan fingerprint density at radius 3 is 2.57 bits per heavy atom. The fourth-order valence-electron chi connectivity index (χ4n) is 1.27. The number of phenolic OH excluding ortho intramolecular Hbond substituents is 1. The van der Waals surface area contributed by atoms with Crippen molar-refractivity contribution in [2.75, 3.05) is 6.61 Å². The van der Waals surface area contributed by atoms with Gasteiger partial charge in [0.05, 0.1) is 0 Å². The van der Waals surface area contributed by atoms with Crippen LogP contribution in [0.2, 0.25) is 0 Å². The minimum Gasteiger partial charge on any atom is -0.508 e. The van der Waals surface area contributed by atoms with E-state index in [1.54, 1.807) is 18.2 Å². The molecule has 0 saturated carbocycles. The number of benzene rings is 1. The van der Waals surface area contributed by atoms with E-state index >= 15 is 0 Å². The van der Waals surface area contributed by atoms with Gasteiger partial charge < -0.3 is 15.9 Å². The molecule has 78 valence electrons. The Hall–Kier alpha value is -1.06. The van der Waals surface area contributed by atoms with E-state index in [1.807, 2.05) is 19.9 Å². The highest BCUT2D eigenvalue weighted by molar-refractivity contribution is 5.30. The molecule has 1 aromatic carbocycles. The molecule has 0 heterocycles. The summed E-state index contributed by atoms with van der Waals surface area (Å²) in [5.74, 6) is 0.201. The SMILES string of the molecule is CC(C)(CO)[C@@H](N)c1cccc(O)c1. The van der Waals surface area contributed by atoms with Crippen molar-refractivity contribution in [2.24, 2.45) is 11.1 Å². The number of rotatable bonds is 3. The molecule has 0 radical (unpaired) electrons. The zero-order valence-corrected chi connectivity index (χ0v) is 8.57. The minimum absolute atomic E-state index is 0.0177. The molecule has 1 rings (SSSR count). The summed E-state index contributed by atoms with van der Waals surface area (Å²) in [6, 6.07) is 6.55. The normalized spacial score (nSPS) is 14.0. The van der Waals surface area contributed by atoms with Gasteiger partial charge in [-0.3, -0.25) is 0 Å². The maximum absolute atomic E-state index is 9.28. The summed E-state index contributed by atoms with van der Waals surface area (Å²) in [6.45, 7) is 3.80. The molecule has 0 amide bonds. The molecule has 1 aromatic rings. The lowest BCUT2D eigenvalue weighted by Gasteiger charge is -2.29. The standard InChI is InChI=1S/C11H17NO2/c1-11(2,7-13)10(12)8-4-3-5-9(14)6-8/h3-6,10,13-14H,7,12H2,1-2H3/t10-/m0/s1. The van der Waals surface area contributed by atoms with Crippen LogP contribution < -0.4 is 5.73 Å². The predicted molar refractivity (Wildman–Crippen MR) is 55.9 cm³/mol. The van der Waals surface area contributed by atoms with Crippen LogP contribution in [-0.2, 0) is 0 Å². The molecule has 0 spiro atoms. The van der Waals surface area contributed by atoms with E-state index in [1.165, 1.54) is 0 Å². The topological polar surface area (TPSA) is 66.5 Å². The molecule has 3 nitrogen and oxygen atoms in total. The van der Waals surface area contributed by atoms with Crippen LogP contribution in [0.15, 0.2) is 24.3 Å². The van der Waals surface area contributed by atoms with Crippen molar-refractivity contribution < 1.29 is 10.2 Å². The molecule has 0 unspecified atom stereocenters. The third-order valence-electron chi connectivity index (χ3n) is 2.48. The summed E-state index contributed by atoms with van der Waals surface area (Å²) >= 11 is 0. The van der Waals surface area contributed by atoms with Gasteiger partial charge in [-0.25, -0.2) is 0 Å². The number of phenols is 1. The average molecular weight is 195 g/mol. The molecule has 0 aromatic heterocycles. The van der Waals surface area contributed by atoms with Gasteiger partial charge in [-0.15, -0.1) is 0 Å². The predicted octanol–water partition coefficient (Wildman–Crippen LogP) is 1.41. The van der Waals surface area contributed by atoms with Gasteiger partial charge >= 0.3 is 0 Å². The first kappa shape index (κ1) is 11.0. The van der Waals surface area contributed by atoms with Crippen LogP contribution >= 0.6 is 0 Å². The molecule has 1 atom stereocenters. The third-order valence-corrected chi connectivity index (χ3v) is 2.48. The summed E-state index contributed by atoms with van der Waals surface area (Å²) in [5, 5.41) is 18.4. The van der Waals surface area contributed by atoms with Crippen LogP contribution in [-0.4, -0.2) is 16.8 Å². The van der Waals surface area contributed by atoms with Gasteiger partial charge in [-0.1, -0.05) is 26.0 Å². The van der Waals surface area contributed by atoms with Crippen molar-refractivity contribution in [3.8, 4) is 5.75 Å². The van der Waals surface area contributed by atoms with Crippen LogP contribution in [0, 0.1) is 5.41 Å². The van der Waals surface area contributed by atoms with Gasteiger partial charge in [0, 0.05) is 18.1 Å². The molecular formula is C11H17NO2. The van der Waals surface area contributed by atoms with Crippen LogP contribution in [0.25, 0.3) is 0 Å². The van der Waals surface area contributed by atoms with E-state index in [4.69, 9.17) is 10.8 Å².